The smallest absolute Gasteiger partial charge is 0.277 e. The average Bonchev–Trinajstić information content (AvgIpc) is 2.40. The second-order valence-corrected chi connectivity index (χ2v) is 2.89. The van der Waals surface area contributed by atoms with Crippen LogP contribution in [-0.4, -0.2) is 37.7 Å². The van der Waals surface area contributed by atoms with Crippen molar-refractivity contribution in [1.82, 2.24) is 0 Å². The van der Waals surface area contributed by atoms with Crippen molar-refractivity contribution in [2.45, 2.75) is 3.79 Å². The molecule has 17 heavy (non-hydrogen) atoms. The van der Waals surface area contributed by atoms with Gasteiger partial charge in [-0.05, 0) is 0 Å². The van der Waals surface area contributed by atoms with Crippen LogP contribution >= 0.6 is 34.8 Å². The molecule has 0 radical (unpaired) electrons. The molecule has 0 saturated carbocycles. The molecule has 0 aliphatic rings. The third-order valence-corrected chi connectivity index (χ3v) is 0.380. The zero-order valence-electron chi connectivity index (χ0n) is 8.57. The van der Waals surface area contributed by atoms with E-state index in [2.05, 4.69) is 0 Å². The fraction of sp³-hybridized carbons (Fsp3) is 0.143. The van der Waals surface area contributed by atoms with Crippen LogP contribution < -0.4 is 0 Å². The standard InChI is InChI=1S/C2Cl3N.5CH2O.W/c3-2(4,5)1-6;5*1-2;/h;5*1H2;. The van der Waals surface area contributed by atoms with Gasteiger partial charge >= 0.3 is 0 Å². The minimum absolute atomic E-state index is 0. The van der Waals surface area contributed by atoms with Gasteiger partial charge in [-0.1, -0.05) is 34.8 Å². The molecule has 0 aromatic carbocycles. The van der Waals surface area contributed by atoms with E-state index < -0.39 is 3.79 Å². The van der Waals surface area contributed by atoms with Crippen LogP contribution in [0.3, 0.4) is 0 Å². The Labute approximate surface area is 128 Å². The molecule has 0 aromatic heterocycles. The molecule has 10 heteroatoms. The molecule has 0 heterocycles. The molecule has 100 valence electrons. The van der Waals surface area contributed by atoms with Crippen LogP contribution in [0.2, 0.25) is 0 Å². The minimum Gasteiger partial charge on any atom is -0.307 e. The Morgan fingerprint density at radius 1 is 0.706 bits per heavy atom. The molecule has 0 bridgehead atoms. The van der Waals surface area contributed by atoms with Crippen LogP contribution in [0.4, 0.5) is 0 Å². The van der Waals surface area contributed by atoms with E-state index in [4.69, 9.17) is 64.0 Å². The van der Waals surface area contributed by atoms with Crippen molar-refractivity contribution in [2.24, 2.45) is 0 Å². The third-order valence-electron chi connectivity index (χ3n) is 0.127. The number of carbonyl (C=O) groups excluding carboxylic acids is 5. The number of hydrogen-bond acceptors (Lipinski definition) is 6. The molecule has 0 unspecified atom stereocenters. The summed E-state index contributed by atoms with van der Waals surface area (Å²) in [6.45, 7) is 10.0. The summed E-state index contributed by atoms with van der Waals surface area (Å²) < 4.78 is -1.74. The van der Waals surface area contributed by atoms with E-state index in [1.54, 1.807) is 0 Å². The van der Waals surface area contributed by atoms with Crippen molar-refractivity contribution in [3.63, 3.8) is 0 Å². The number of hydrogen-bond donors (Lipinski definition) is 0. The van der Waals surface area contributed by atoms with Gasteiger partial charge in [-0.15, -0.1) is 0 Å². The summed E-state index contributed by atoms with van der Waals surface area (Å²) in [5.41, 5.74) is 0. The maximum atomic E-state index is 8.00. The second-order valence-electron chi connectivity index (χ2n) is 0.610. The molecule has 6 nitrogen and oxygen atoms in total. The van der Waals surface area contributed by atoms with Crippen LogP contribution in [0.5, 0.6) is 0 Å². The number of halogens is 3. The predicted octanol–water partition coefficient (Wildman–Crippen LogP) is 0.953. The maximum absolute atomic E-state index is 8.00. The van der Waals surface area contributed by atoms with Crippen LogP contribution in [0.1, 0.15) is 0 Å². The van der Waals surface area contributed by atoms with E-state index in [1.807, 2.05) is 33.9 Å². The van der Waals surface area contributed by atoms with Gasteiger partial charge in [0.1, 0.15) is 40.0 Å². The molecule has 0 rings (SSSR count). The predicted molar refractivity (Wildman–Crippen MR) is 61.5 cm³/mol. The number of alkyl halides is 3. The van der Waals surface area contributed by atoms with E-state index in [0.29, 0.717) is 0 Å². The van der Waals surface area contributed by atoms with Gasteiger partial charge in [0.2, 0.25) is 0 Å². The van der Waals surface area contributed by atoms with Crippen molar-refractivity contribution >= 4 is 68.7 Å². The van der Waals surface area contributed by atoms with Gasteiger partial charge in [-0.3, -0.25) is 0 Å². The molecule has 0 aliphatic carbocycles. The summed E-state index contributed by atoms with van der Waals surface area (Å²) in [5, 5.41) is 7.76. The van der Waals surface area contributed by atoms with Crippen molar-refractivity contribution in [1.29, 1.82) is 5.26 Å². The molecular weight excluding hydrogens is 468 g/mol. The van der Waals surface area contributed by atoms with Crippen molar-refractivity contribution < 1.29 is 45.0 Å². The van der Waals surface area contributed by atoms with Gasteiger partial charge in [-0.25, -0.2) is 0 Å². The van der Waals surface area contributed by atoms with Crippen LogP contribution in [0.25, 0.3) is 0 Å². The van der Waals surface area contributed by atoms with E-state index in [-0.39, 0.29) is 21.1 Å². The summed E-state index contributed by atoms with van der Waals surface area (Å²) in [7, 11) is 0. The molecule has 0 fully saturated rings. The summed E-state index contributed by atoms with van der Waals surface area (Å²) in [6.07, 6.45) is 0. The fourth-order valence-electron chi connectivity index (χ4n) is 0. The Morgan fingerprint density at radius 3 is 0.765 bits per heavy atom. The first-order valence-corrected chi connectivity index (χ1v) is 3.62. The summed E-state index contributed by atoms with van der Waals surface area (Å²) in [4.78, 5) is 40.0. The Balaban J connectivity index is -0.0000000158. The largest absolute Gasteiger partial charge is 0.307 e. The molecule has 0 saturated heterocycles. The maximum Gasteiger partial charge on any atom is 0.277 e. The number of rotatable bonds is 0. The molecule has 0 aromatic rings. The molecule has 0 amide bonds. The quantitative estimate of drug-likeness (QED) is 0.480. The number of nitriles is 1. The zero-order chi connectivity index (χ0) is 15.2. The van der Waals surface area contributed by atoms with E-state index in [9.17, 15) is 0 Å². The summed E-state index contributed by atoms with van der Waals surface area (Å²) in [5.74, 6) is 0. The molecular formula is C7H10Cl3NO5W. The van der Waals surface area contributed by atoms with Crippen LogP contribution in [0.15, 0.2) is 0 Å². The molecule has 0 spiro atoms. The number of nitrogens with zero attached hydrogens (tertiary/aromatic N) is 1. The number of carbonyl (C=O) groups is 5. The first kappa shape index (κ1) is 44.0. The molecule has 0 aliphatic heterocycles. The second kappa shape index (κ2) is 78.0. The van der Waals surface area contributed by atoms with Gasteiger partial charge < -0.3 is 24.0 Å². The normalized spacial score (nSPS) is 4.82. The minimum atomic E-state index is -1.74. The van der Waals surface area contributed by atoms with Gasteiger partial charge in [0, 0.05) is 21.1 Å². The summed E-state index contributed by atoms with van der Waals surface area (Å²) in [6, 6.07) is 1.40. The third kappa shape index (κ3) is 481. The Bertz CT molecular complexity index is 142. The van der Waals surface area contributed by atoms with E-state index in [1.165, 1.54) is 6.07 Å². The Kier molecular flexibility index (Phi) is 202. The Hall–Kier alpha value is -0.602. The average molecular weight is 478 g/mol. The van der Waals surface area contributed by atoms with Crippen LogP contribution in [0, 0.1) is 11.3 Å². The van der Waals surface area contributed by atoms with Gasteiger partial charge in [0.25, 0.3) is 3.79 Å². The topological polar surface area (TPSA) is 109 Å². The monoisotopic (exact) mass is 477 g/mol. The molecule has 0 N–H and O–H groups in total. The zero-order valence-corrected chi connectivity index (χ0v) is 13.8. The molecule has 0 atom stereocenters. The fourth-order valence-corrected chi connectivity index (χ4v) is 0. The van der Waals surface area contributed by atoms with Crippen LogP contribution in [-0.2, 0) is 45.0 Å². The Morgan fingerprint density at radius 2 is 0.765 bits per heavy atom. The van der Waals surface area contributed by atoms with Gasteiger partial charge in [-0.2, -0.15) is 5.26 Å². The first-order chi connectivity index (χ1) is 7.56. The van der Waals surface area contributed by atoms with E-state index in [0.717, 1.165) is 0 Å². The van der Waals surface area contributed by atoms with Crippen molar-refractivity contribution in [3.8, 4) is 6.07 Å². The summed E-state index contributed by atoms with van der Waals surface area (Å²) >= 11 is 14.7. The van der Waals surface area contributed by atoms with Gasteiger partial charge in [0.15, 0.2) is 0 Å². The first-order valence-electron chi connectivity index (χ1n) is 2.48. The van der Waals surface area contributed by atoms with E-state index >= 15 is 0 Å². The van der Waals surface area contributed by atoms with Crippen molar-refractivity contribution in [3.05, 3.63) is 0 Å². The van der Waals surface area contributed by atoms with Gasteiger partial charge in [0.05, 0.1) is 0 Å². The SMILES string of the molecule is C=O.C=O.C=O.C=O.C=O.N#CC(Cl)(Cl)Cl.[W]. The van der Waals surface area contributed by atoms with Crippen molar-refractivity contribution in [2.75, 3.05) is 0 Å².